The van der Waals surface area contributed by atoms with Gasteiger partial charge in [0.2, 0.25) is 0 Å². The maximum Gasteiger partial charge on any atom is 0.154 e. The molecule has 0 saturated heterocycles. The first-order valence-corrected chi connectivity index (χ1v) is 8.64. The van der Waals surface area contributed by atoms with Gasteiger partial charge < -0.3 is 0 Å². The Labute approximate surface area is 86.0 Å². The van der Waals surface area contributed by atoms with Crippen molar-refractivity contribution in [3.8, 4) is 0 Å². The van der Waals surface area contributed by atoms with Crippen LogP contribution in [0.15, 0.2) is 30.8 Å². The van der Waals surface area contributed by atoms with Gasteiger partial charge in [-0.1, -0.05) is 50.0 Å². The van der Waals surface area contributed by atoms with Crippen molar-refractivity contribution in [3.63, 3.8) is 0 Å². The molecule has 0 aliphatic carbocycles. The predicted molar refractivity (Wildman–Crippen MR) is 63.6 cm³/mol. The lowest BCUT2D eigenvalue weighted by molar-refractivity contribution is 1.33. The number of halogens is 1. The van der Waals surface area contributed by atoms with Crippen LogP contribution in [0.1, 0.15) is 11.1 Å². The zero-order valence-corrected chi connectivity index (χ0v) is 9.93. The van der Waals surface area contributed by atoms with Gasteiger partial charge in [0.25, 0.3) is 0 Å². The summed E-state index contributed by atoms with van der Waals surface area (Å²) in [6.45, 7) is 8.12. The Bertz CT molecular complexity index is 299. The molecule has 0 N–H and O–H groups in total. The molecule has 0 heterocycles. The molecule has 0 fully saturated rings. The van der Waals surface area contributed by atoms with Gasteiger partial charge in [-0.3, -0.25) is 0 Å². The van der Waals surface area contributed by atoms with Crippen LogP contribution in [0, 0.1) is 0 Å². The van der Waals surface area contributed by atoms with Crippen LogP contribution in [-0.2, 0) is 6.04 Å². The van der Waals surface area contributed by atoms with E-state index in [0.717, 1.165) is 6.04 Å². The Morgan fingerprint density at radius 2 is 2.00 bits per heavy atom. The van der Waals surface area contributed by atoms with Gasteiger partial charge in [0.15, 0.2) is 7.38 Å². The van der Waals surface area contributed by atoms with Gasteiger partial charge >= 0.3 is 0 Å². The molecule has 1 aromatic carbocycles. The maximum atomic E-state index is 6.30. The van der Waals surface area contributed by atoms with Crippen molar-refractivity contribution >= 4 is 24.5 Å². The molecule has 0 radical (unpaired) electrons. The third-order valence-corrected chi connectivity index (χ3v) is 3.51. The molecule has 2 heteroatoms. The van der Waals surface area contributed by atoms with E-state index in [2.05, 4.69) is 37.9 Å². The number of rotatable bonds is 3. The fourth-order valence-electron chi connectivity index (χ4n) is 1.35. The van der Waals surface area contributed by atoms with E-state index in [1.165, 1.54) is 11.1 Å². The molecule has 0 atom stereocenters. The molecule has 1 aromatic rings. The van der Waals surface area contributed by atoms with Crippen LogP contribution in [-0.4, -0.2) is 7.38 Å². The molecule has 0 spiro atoms. The van der Waals surface area contributed by atoms with Crippen LogP contribution in [0.3, 0.4) is 0 Å². The van der Waals surface area contributed by atoms with Crippen LogP contribution < -0.4 is 0 Å². The van der Waals surface area contributed by atoms with Gasteiger partial charge in [-0.25, -0.2) is 0 Å². The minimum atomic E-state index is -1.52. The summed E-state index contributed by atoms with van der Waals surface area (Å²) >= 11 is 6.30. The Balaban J connectivity index is 2.94. The lowest BCUT2D eigenvalue weighted by Gasteiger charge is -2.14. The third kappa shape index (κ3) is 3.37. The second-order valence-electron chi connectivity index (χ2n) is 3.80. The smallest absolute Gasteiger partial charge is 0.154 e. The fraction of sp³-hybridized carbons (Fsp3) is 0.273. The molecule has 0 aliphatic rings. The second-order valence-corrected chi connectivity index (χ2v) is 10.7. The first-order valence-electron chi connectivity index (χ1n) is 4.42. The summed E-state index contributed by atoms with van der Waals surface area (Å²) in [5, 5.41) is 0. The van der Waals surface area contributed by atoms with E-state index in [1.807, 2.05) is 12.1 Å². The molecule has 0 unspecified atom stereocenters. The highest BCUT2D eigenvalue weighted by Crippen LogP contribution is 2.19. The van der Waals surface area contributed by atoms with Gasteiger partial charge in [0, 0.05) is 0 Å². The van der Waals surface area contributed by atoms with E-state index in [0.29, 0.717) is 0 Å². The Hall–Kier alpha value is -0.533. The quantitative estimate of drug-likeness (QED) is 0.525. The van der Waals surface area contributed by atoms with Crippen LogP contribution in [0.2, 0.25) is 13.1 Å². The molecule has 1 rings (SSSR count). The molecule has 0 aromatic heterocycles. The molecule has 13 heavy (non-hydrogen) atoms. The summed E-state index contributed by atoms with van der Waals surface area (Å²) in [6, 6.07) is 9.31. The van der Waals surface area contributed by atoms with Crippen LogP contribution in [0.4, 0.5) is 0 Å². The average molecular weight is 211 g/mol. The van der Waals surface area contributed by atoms with Crippen molar-refractivity contribution < 1.29 is 0 Å². The number of hydrogen-bond acceptors (Lipinski definition) is 0. The first-order chi connectivity index (χ1) is 6.03. The largest absolute Gasteiger partial charge is 0.167 e. The molecular weight excluding hydrogens is 196 g/mol. The molecule has 0 bridgehead atoms. The topological polar surface area (TPSA) is 0 Å². The van der Waals surface area contributed by atoms with E-state index >= 15 is 0 Å². The van der Waals surface area contributed by atoms with Gasteiger partial charge in [0.05, 0.1) is 0 Å². The zero-order valence-electron chi connectivity index (χ0n) is 8.18. The number of benzene rings is 1. The van der Waals surface area contributed by atoms with Crippen molar-refractivity contribution in [1.82, 2.24) is 0 Å². The van der Waals surface area contributed by atoms with E-state index < -0.39 is 7.38 Å². The summed E-state index contributed by atoms with van der Waals surface area (Å²) in [4.78, 5) is 0. The van der Waals surface area contributed by atoms with Crippen molar-refractivity contribution in [2.24, 2.45) is 0 Å². The standard InChI is InChI=1S/C11H15ClSi/c1-4-10-7-5-6-8-11(10)9-13(2,3)12/h4-8H,1,9H2,2-3H3. The van der Waals surface area contributed by atoms with Gasteiger partial charge in [-0.2, -0.15) is 11.1 Å². The van der Waals surface area contributed by atoms with Gasteiger partial charge in [-0.15, -0.1) is 0 Å². The van der Waals surface area contributed by atoms with Crippen molar-refractivity contribution in [2.45, 2.75) is 19.1 Å². The molecule has 70 valence electrons. The predicted octanol–water partition coefficient (Wildman–Crippen LogP) is 3.86. The summed E-state index contributed by atoms with van der Waals surface area (Å²) in [6.07, 6.45) is 1.90. The minimum absolute atomic E-state index is 1.01. The summed E-state index contributed by atoms with van der Waals surface area (Å²) in [5.74, 6) is 0. The molecule has 0 amide bonds. The first kappa shape index (κ1) is 10.5. The van der Waals surface area contributed by atoms with Crippen LogP contribution >= 0.6 is 11.1 Å². The third-order valence-electron chi connectivity index (χ3n) is 1.89. The van der Waals surface area contributed by atoms with Crippen LogP contribution in [0.25, 0.3) is 6.08 Å². The highest BCUT2D eigenvalue weighted by Gasteiger charge is 2.18. The second kappa shape index (κ2) is 4.12. The lowest BCUT2D eigenvalue weighted by atomic mass is 10.1. The molecule has 0 nitrogen and oxygen atoms in total. The average Bonchev–Trinajstić information content (AvgIpc) is 2.02. The van der Waals surface area contributed by atoms with E-state index in [1.54, 1.807) is 0 Å². The minimum Gasteiger partial charge on any atom is -0.167 e. The van der Waals surface area contributed by atoms with Crippen molar-refractivity contribution in [2.75, 3.05) is 0 Å². The SMILES string of the molecule is C=Cc1ccccc1C[Si](C)(C)Cl. The Morgan fingerprint density at radius 1 is 1.38 bits per heavy atom. The van der Waals surface area contributed by atoms with Crippen molar-refractivity contribution in [3.05, 3.63) is 42.0 Å². The van der Waals surface area contributed by atoms with Gasteiger partial charge in [-0.05, 0) is 17.2 Å². The van der Waals surface area contributed by atoms with Gasteiger partial charge in [0.1, 0.15) is 0 Å². The lowest BCUT2D eigenvalue weighted by Crippen LogP contribution is -2.21. The monoisotopic (exact) mass is 210 g/mol. The maximum absolute atomic E-state index is 6.30. The Kier molecular flexibility index (Phi) is 3.34. The van der Waals surface area contributed by atoms with Crippen molar-refractivity contribution in [1.29, 1.82) is 0 Å². The normalized spacial score (nSPS) is 11.3. The summed E-state index contributed by atoms with van der Waals surface area (Å²) in [7, 11) is -1.52. The Morgan fingerprint density at radius 3 is 2.54 bits per heavy atom. The highest BCUT2D eigenvalue weighted by molar-refractivity contribution is 7.18. The van der Waals surface area contributed by atoms with Crippen LogP contribution in [0.5, 0.6) is 0 Å². The molecule has 0 saturated carbocycles. The summed E-state index contributed by atoms with van der Waals surface area (Å²) < 4.78 is 0. The molecule has 0 aliphatic heterocycles. The number of hydrogen-bond donors (Lipinski definition) is 0. The highest BCUT2D eigenvalue weighted by atomic mass is 35.6. The zero-order chi connectivity index (χ0) is 9.90. The molecular formula is C11H15ClSi. The van der Waals surface area contributed by atoms with E-state index in [4.69, 9.17) is 11.1 Å². The van der Waals surface area contributed by atoms with E-state index in [9.17, 15) is 0 Å². The van der Waals surface area contributed by atoms with E-state index in [-0.39, 0.29) is 0 Å². The summed E-state index contributed by atoms with van der Waals surface area (Å²) in [5.41, 5.74) is 2.54. The fourth-order valence-corrected chi connectivity index (χ4v) is 3.01.